The summed E-state index contributed by atoms with van der Waals surface area (Å²) in [6, 6.07) is 6.06. The molecular formula is C18H22N2O3. The number of amides is 3. The van der Waals surface area contributed by atoms with Gasteiger partial charge in [0, 0.05) is 13.1 Å². The molecule has 0 aliphatic carbocycles. The number of imide groups is 1. The van der Waals surface area contributed by atoms with Gasteiger partial charge in [0.05, 0.1) is 11.1 Å². The number of hydrogen-bond donors (Lipinski definition) is 0. The molecule has 0 saturated carbocycles. The molecule has 3 rings (SSSR count). The highest BCUT2D eigenvalue weighted by atomic mass is 16.2. The van der Waals surface area contributed by atoms with Gasteiger partial charge in [-0.1, -0.05) is 26.0 Å². The van der Waals surface area contributed by atoms with E-state index in [1.807, 2.05) is 13.8 Å². The van der Waals surface area contributed by atoms with Gasteiger partial charge in [0.1, 0.15) is 6.04 Å². The first kappa shape index (κ1) is 15.7. The van der Waals surface area contributed by atoms with Crippen LogP contribution in [0.1, 0.15) is 53.8 Å². The number of carbonyl (C=O) groups excluding carboxylic acids is 3. The lowest BCUT2D eigenvalue weighted by Crippen LogP contribution is -2.54. The van der Waals surface area contributed by atoms with Gasteiger partial charge < -0.3 is 4.90 Å². The van der Waals surface area contributed by atoms with Crippen molar-refractivity contribution in [3.63, 3.8) is 0 Å². The van der Waals surface area contributed by atoms with Crippen LogP contribution in [0, 0.1) is 5.92 Å². The molecule has 0 bridgehead atoms. The van der Waals surface area contributed by atoms with Crippen molar-refractivity contribution in [2.24, 2.45) is 5.92 Å². The van der Waals surface area contributed by atoms with Crippen molar-refractivity contribution in [2.75, 3.05) is 13.1 Å². The molecule has 0 N–H and O–H groups in total. The SMILES string of the molecule is CC(C)[C@@H](C(=O)N1CCCCC1)N1C(=O)c2ccccc2C1=O. The minimum absolute atomic E-state index is 0.103. The lowest BCUT2D eigenvalue weighted by molar-refractivity contribution is -0.137. The minimum atomic E-state index is -0.722. The van der Waals surface area contributed by atoms with Gasteiger partial charge in [0.2, 0.25) is 5.91 Å². The Bertz CT molecular complexity index is 612. The van der Waals surface area contributed by atoms with Crippen LogP contribution in [0.2, 0.25) is 0 Å². The molecule has 1 fully saturated rings. The van der Waals surface area contributed by atoms with Crippen LogP contribution in [0.5, 0.6) is 0 Å². The molecule has 1 aromatic rings. The third-order valence-corrected chi connectivity index (χ3v) is 4.66. The van der Waals surface area contributed by atoms with E-state index in [1.165, 1.54) is 4.90 Å². The molecule has 0 unspecified atom stereocenters. The molecule has 2 aliphatic heterocycles. The van der Waals surface area contributed by atoms with Crippen LogP contribution in [-0.4, -0.2) is 46.7 Å². The Hall–Kier alpha value is -2.17. The predicted octanol–water partition coefficient (Wildman–Crippen LogP) is 2.32. The minimum Gasteiger partial charge on any atom is -0.341 e. The molecule has 0 aromatic heterocycles. The van der Waals surface area contributed by atoms with E-state index < -0.39 is 6.04 Å². The number of likely N-dealkylation sites (tertiary alicyclic amines) is 1. The van der Waals surface area contributed by atoms with E-state index in [0.29, 0.717) is 24.2 Å². The van der Waals surface area contributed by atoms with E-state index in [-0.39, 0.29) is 23.6 Å². The quantitative estimate of drug-likeness (QED) is 0.805. The summed E-state index contributed by atoms with van der Waals surface area (Å²) in [5.41, 5.74) is 0.796. The van der Waals surface area contributed by atoms with E-state index in [1.54, 1.807) is 29.2 Å². The van der Waals surface area contributed by atoms with Gasteiger partial charge in [0.15, 0.2) is 0 Å². The Morgan fingerprint density at radius 1 is 0.957 bits per heavy atom. The van der Waals surface area contributed by atoms with E-state index in [0.717, 1.165) is 19.3 Å². The van der Waals surface area contributed by atoms with Crippen LogP contribution in [0.25, 0.3) is 0 Å². The number of rotatable bonds is 3. The molecule has 2 heterocycles. The van der Waals surface area contributed by atoms with Gasteiger partial charge >= 0.3 is 0 Å². The summed E-state index contributed by atoms with van der Waals surface area (Å²) < 4.78 is 0. The van der Waals surface area contributed by atoms with Gasteiger partial charge in [-0.3, -0.25) is 19.3 Å². The second kappa shape index (κ2) is 6.14. The molecule has 2 aliphatic rings. The van der Waals surface area contributed by atoms with Crippen LogP contribution in [0.3, 0.4) is 0 Å². The van der Waals surface area contributed by atoms with E-state index >= 15 is 0 Å². The molecule has 1 atom stereocenters. The first-order chi connectivity index (χ1) is 11.0. The van der Waals surface area contributed by atoms with Crippen LogP contribution in [0.4, 0.5) is 0 Å². The fraction of sp³-hybridized carbons (Fsp3) is 0.500. The van der Waals surface area contributed by atoms with E-state index in [4.69, 9.17) is 0 Å². The largest absolute Gasteiger partial charge is 0.341 e. The molecule has 1 saturated heterocycles. The highest BCUT2D eigenvalue weighted by Gasteiger charge is 2.45. The smallest absolute Gasteiger partial charge is 0.262 e. The zero-order chi connectivity index (χ0) is 16.6. The molecule has 122 valence electrons. The summed E-state index contributed by atoms with van der Waals surface area (Å²) in [6.07, 6.45) is 3.10. The fourth-order valence-corrected chi connectivity index (χ4v) is 3.46. The summed E-state index contributed by atoms with van der Waals surface area (Å²) in [4.78, 5) is 41.3. The summed E-state index contributed by atoms with van der Waals surface area (Å²) in [5.74, 6) is -0.926. The second-order valence-electron chi connectivity index (χ2n) is 6.60. The van der Waals surface area contributed by atoms with Crippen LogP contribution < -0.4 is 0 Å². The number of fused-ring (bicyclic) bond motifs is 1. The Labute approximate surface area is 136 Å². The van der Waals surface area contributed by atoms with Gasteiger partial charge in [-0.15, -0.1) is 0 Å². The highest BCUT2D eigenvalue weighted by molar-refractivity contribution is 6.22. The summed E-state index contributed by atoms with van der Waals surface area (Å²) in [5, 5.41) is 0. The molecule has 0 radical (unpaired) electrons. The molecule has 5 heteroatoms. The van der Waals surface area contributed by atoms with Crippen molar-refractivity contribution in [3.8, 4) is 0 Å². The molecule has 23 heavy (non-hydrogen) atoms. The maximum absolute atomic E-state index is 12.9. The van der Waals surface area contributed by atoms with Crippen molar-refractivity contribution in [3.05, 3.63) is 35.4 Å². The maximum atomic E-state index is 12.9. The Morgan fingerprint density at radius 2 is 1.48 bits per heavy atom. The average molecular weight is 314 g/mol. The first-order valence-corrected chi connectivity index (χ1v) is 8.28. The van der Waals surface area contributed by atoms with Gasteiger partial charge in [-0.2, -0.15) is 0 Å². The Balaban J connectivity index is 1.92. The third-order valence-electron chi connectivity index (χ3n) is 4.66. The zero-order valence-corrected chi connectivity index (χ0v) is 13.6. The normalized spacial score (nSPS) is 19.3. The third kappa shape index (κ3) is 2.64. The lowest BCUT2D eigenvalue weighted by Gasteiger charge is -2.35. The van der Waals surface area contributed by atoms with Crippen LogP contribution >= 0.6 is 0 Å². The number of piperidine rings is 1. The Kier molecular flexibility index (Phi) is 4.20. The van der Waals surface area contributed by atoms with Crippen molar-refractivity contribution in [1.82, 2.24) is 9.80 Å². The molecular weight excluding hydrogens is 292 g/mol. The second-order valence-corrected chi connectivity index (χ2v) is 6.60. The molecule has 5 nitrogen and oxygen atoms in total. The molecule has 3 amide bonds. The zero-order valence-electron chi connectivity index (χ0n) is 13.6. The van der Waals surface area contributed by atoms with Gasteiger partial charge in [-0.25, -0.2) is 0 Å². The number of hydrogen-bond acceptors (Lipinski definition) is 3. The Morgan fingerprint density at radius 3 is 1.96 bits per heavy atom. The summed E-state index contributed by atoms with van der Waals surface area (Å²) in [7, 11) is 0. The summed E-state index contributed by atoms with van der Waals surface area (Å²) in [6.45, 7) is 5.20. The van der Waals surface area contributed by atoms with Gasteiger partial charge in [0.25, 0.3) is 11.8 Å². The topological polar surface area (TPSA) is 57.7 Å². The highest BCUT2D eigenvalue weighted by Crippen LogP contribution is 2.28. The molecule has 1 aromatic carbocycles. The number of nitrogens with zero attached hydrogens (tertiary/aromatic N) is 2. The standard InChI is InChI=1S/C18H22N2O3/c1-12(2)15(18(23)19-10-6-3-7-11-19)20-16(21)13-8-4-5-9-14(13)17(20)22/h4-5,8-9,12,15H,3,6-7,10-11H2,1-2H3/t15-/m0/s1. The number of benzene rings is 1. The van der Waals surface area contributed by atoms with Crippen molar-refractivity contribution < 1.29 is 14.4 Å². The monoisotopic (exact) mass is 314 g/mol. The predicted molar refractivity (Wildman–Crippen MR) is 86.0 cm³/mol. The maximum Gasteiger partial charge on any atom is 0.262 e. The van der Waals surface area contributed by atoms with Crippen molar-refractivity contribution in [2.45, 2.75) is 39.2 Å². The number of carbonyl (C=O) groups is 3. The summed E-state index contributed by atoms with van der Waals surface area (Å²) >= 11 is 0. The van der Waals surface area contributed by atoms with Crippen molar-refractivity contribution >= 4 is 17.7 Å². The average Bonchev–Trinajstić information content (AvgIpc) is 2.81. The fourth-order valence-electron chi connectivity index (χ4n) is 3.46. The van der Waals surface area contributed by atoms with Crippen LogP contribution in [-0.2, 0) is 4.79 Å². The van der Waals surface area contributed by atoms with Crippen LogP contribution in [0.15, 0.2) is 24.3 Å². The van der Waals surface area contributed by atoms with Gasteiger partial charge in [-0.05, 0) is 37.3 Å². The first-order valence-electron chi connectivity index (χ1n) is 8.28. The van der Waals surface area contributed by atoms with E-state index in [2.05, 4.69) is 0 Å². The van der Waals surface area contributed by atoms with Crippen molar-refractivity contribution in [1.29, 1.82) is 0 Å². The lowest BCUT2D eigenvalue weighted by atomic mass is 9.99. The molecule has 0 spiro atoms. The van der Waals surface area contributed by atoms with E-state index in [9.17, 15) is 14.4 Å².